The summed E-state index contributed by atoms with van der Waals surface area (Å²) in [7, 11) is -4.64. The molecule has 0 saturated heterocycles. The third kappa shape index (κ3) is 8.40. The molecule has 0 aliphatic carbocycles. The minimum atomic E-state index is -4.64. The van der Waals surface area contributed by atoms with Gasteiger partial charge in [0.1, 0.15) is 12.7 Å². The van der Waals surface area contributed by atoms with Gasteiger partial charge in [0.25, 0.3) is 0 Å². The Balaban J connectivity index is 0.000000597. The Hall–Kier alpha value is -1.28. The second kappa shape index (κ2) is 9.08. The molecule has 2 aromatic rings. The van der Waals surface area contributed by atoms with Gasteiger partial charge in [0, 0.05) is 5.02 Å². The lowest BCUT2D eigenvalue weighted by Crippen LogP contribution is -2.47. The Morgan fingerprint density at radius 1 is 1.15 bits per heavy atom. The standard InChI is InChI=1S/C16H22ClN3O.H3O4P/c1-15(2,3)16(21,10-20-12-18-11-19-20)9-8-13-4-6-14(17)7-5-13;1-5(2,3)4/h4-7,11-12,21H,8-10H2,1-3H3;(H3,1,2,3,4). The van der Waals surface area contributed by atoms with Gasteiger partial charge in [-0.05, 0) is 36.0 Å². The molecule has 0 fully saturated rings. The molecule has 0 aliphatic heterocycles. The predicted octanol–water partition coefficient (Wildman–Crippen LogP) is 2.41. The van der Waals surface area contributed by atoms with Gasteiger partial charge in [0.15, 0.2) is 0 Å². The SMILES string of the molecule is CC(C)(C)C(O)(CCc1ccc(Cl)cc1)Cn1cncn1.O=P(O)(O)O. The fourth-order valence-corrected chi connectivity index (χ4v) is 2.40. The summed E-state index contributed by atoms with van der Waals surface area (Å²) in [6, 6.07) is 7.76. The molecule has 0 amide bonds. The first-order valence-electron chi connectivity index (χ1n) is 7.88. The summed E-state index contributed by atoms with van der Waals surface area (Å²) in [6.07, 6.45) is 4.57. The number of rotatable bonds is 5. The topological polar surface area (TPSA) is 129 Å². The molecule has 1 atom stereocenters. The van der Waals surface area contributed by atoms with Crippen molar-refractivity contribution in [3.8, 4) is 0 Å². The van der Waals surface area contributed by atoms with Crippen molar-refractivity contribution in [3.05, 3.63) is 47.5 Å². The van der Waals surface area contributed by atoms with Crippen molar-refractivity contribution >= 4 is 19.4 Å². The minimum Gasteiger partial charge on any atom is -0.387 e. The molecule has 4 N–H and O–H groups in total. The smallest absolute Gasteiger partial charge is 0.387 e. The van der Waals surface area contributed by atoms with Gasteiger partial charge in [0.05, 0.1) is 12.1 Å². The number of hydrogen-bond acceptors (Lipinski definition) is 4. The summed E-state index contributed by atoms with van der Waals surface area (Å²) < 4.78 is 10.6. The molecule has 1 heterocycles. The summed E-state index contributed by atoms with van der Waals surface area (Å²) >= 11 is 5.90. The third-order valence-electron chi connectivity index (χ3n) is 4.03. The highest BCUT2D eigenvalue weighted by Crippen LogP contribution is 2.35. The van der Waals surface area contributed by atoms with Crippen LogP contribution in [0.25, 0.3) is 0 Å². The van der Waals surface area contributed by atoms with Crippen LogP contribution in [0, 0.1) is 5.41 Å². The molecule has 0 spiro atoms. The van der Waals surface area contributed by atoms with Gasteiger partial charge in [-0.2, -0.15) is 5.10 Å². The van der Waals surface area contributed by atoms with Gasteiger partial charge in [0.2, 0.25) is 0 Å². The Labute approximate surface area is 157 Å². The van der Waals surface area contributed by atoms with Crippen LogP contribution in [-0.2, 0) is 17.5 Å². The minimum absolute atomic E-state index is 0.259. The number of benzene rings is 1. The van der Waals surface area contributed by atoms with Gasteiger partial charge in [-0.3, -0.25) is 4.68 Å². The molecule has 2 rings (SSSR count). The Kier molecular flexibility index (Phi) is 7.95. The van der Waals surface area contributed by atoms with Crippen LogP contribution in [0.3, 0.4) is 0 Å². The molecule has 146 valence electrons. The maximum atomic E-state index is 11.1. The predicted molar refractivity (Wildman–Crippen MR) is 98.5 cm³/mol. The van der Waals surface area contributed by atoms with E-state index in [1.54, 1.807) is 11.0 Å². The Morgan fingerprint density at radius 2 is 1.69 bits per heavy atom. The first kappa shape index (κ1) is 22.8. The molecule has 10 heteroatoms. The molecule has 1 aromatic carbocycles. The van der Waals surface area contributed by atoms with E-state index in [1.165, 1.54) is 11.9 Å². The van der Waals surface area contributed by atoms with Crippen molar-refractivity contribution in [2.24, 2.45) is 5.41 Å². The van der Waals surface area contributed by atoms with E-state index in [2.05, 4.69) is 10.1 Å². The van der Waals surface area contributed by atoms with Crippen LogP contribution in [0.2, 0.25) is 5.02 Å². The van der Waals surface area contributed by atoms with Crippen LogP contribution in [0.15, 0.2) is 36.9 Å². The second-order valence-corrected chi connectivity index (χ2v) is 8.48. The summed E-state index contributed by atoms with van der Waals surface area (Å²) in [4.78, 5) is 25.5. The summed E-state index contributed by atoms with van der Waals surface area (Å²) in [6.45, 7) is 6.58. The van der Waals surface area contributed by atoms with Crippen LogP contribution >= 0.6 is 19.4 Å². The van der Waals surface area contributed by atoms with E-state index in [0.717, 1.165) is 11.4 Å². The highest BCUT2D eigenvalue weighted by molar-refractivity contribution is 7.45. The van der Waals surface area contributed by atoms with E-state index in [4.69, 9.17) is 30.8 Å². The molecule has 8 nitrogen and oxygen atoms in total. The van der Waals surface area contributed by atoms with Crippen LogP contribution < -0.4 is 0 Å². The first-order chi connectivity index (χ1) is 11.8. The van der Waals surface area contributed by atoms with Gasteiger partial charge < -0.3 is 19.8 Å². The van der Waals surface area contributed by atoms with E-state index in [9.17, 15) is 5.11 Å². The van der Waals surface area contributed by atoms with Crippen LogP contribution in [0.5, 0.6) is 0 Å². The van der Waals surface area contributed by atoms with Gasteiger partial charge in [-0.1, -0.05) is 44.5 Å². The zero-order chi connectivity index (χ0) is 20.0. The van der Waals surface area contributed by atoms with Crippen LogP contribution in [-0.4, -0.2) is 40.2 Å². The lowest BCUT2D eigenvalue weighted by molar-refractivity contribution is -0.0796. The van der Waals surface area contributed by atoms with Crippen LogP contribution in [0.1, 0.15) is 32.8 Å². The molecule has 0 radical (unpaired) electrons. The summed E-state index contributed by atoms with van der Waals surface area (Å²) in [5.41, 5.74) is 0.0479. The third-order valence-corrected chi connectivity index (χ3v) is 4.28. The van der Waals surface area contributed by atoms with Crippen molar-refractivity contribution in [2.75, 3.05) is 0 Å². The maximum absolute atomic E-state index is 11.1. The van der Waals surface area contributed by atoms with E-state index in [1.807, 2.05) is 45.0 Å². The number of aryl methyl sites for hydroxylation is 1. The average Bonchev–Trinajstić information content (AvgIpc) is 2.96. The number of halogens is 1. The quantitative estimate of drug-likeness (QED) is 0.562. The Morgan fingerprint density at radius 3 is 2.12 bits per heavy atom. The highest BCUT2D eigenvalue weighted by atomic mass is 35.5. The van der Waals surface area contributed by atoms with Crippen LogP contribution in [0.4, 0.5) is 0 Å². The van der Waals surface area contributed by atoms with Gasteiger partial charge in [-0.25, -0.2) is 9.55 Å². The number of aliphatic hydroxyl groups is 1. The molecule has 0 bridgehead atoms. The summed E-state index contributed by atoms with van der Waals surface area (Å²) in [5, 5.41) is 16.0. The molecular weight excluding hydrogens is 381 g/mol. The fraction of sp³-hybridized carbons (Fsp3) is 0.500. The van der Waals surface area contributed by atoms with Crippen molar-refractivity contribution < 1.29 is 24.4 Å². The number of aromatic nitrogens is 3. The molecule has 0 saturated carbocycles. The summed E-state index contributed by atoms with van der Waals surface area (Å²) in [5.74, 6) is 0. The second-order valence-electron chi connectivity index (χ2n) is 7.01. The lowest BCUT2D eigenvalue weighted by atomic mass is 9.73. The zero-order valence-corrected chi connectivity index (χ0v) is 16.6. The zero-order valence-electron chi connectivity index (χ0n) is 14.9. The normalized spacial score (nSPS) is 14.3. The van der Waals surface area contributed by atoms with Crippen molar-refractivity contribution in [2.45, 2.75) is 45.8 Å². The average molecular weight is 406 g/mol. The molecule has 0 aliphatic rings. The number of phosphoric acid groups is 1. The molecule has 1 unspecified atom stereocenters. The van der Waals surface area contributed by atoms with E-state index >= 15 is 0 Å². The van der Waals surface area contributed by atoms with E-state index in [0.29, 0.717) is 13.0 Å². The molecular formula is C16H25ClN3O5P. The monoisotopic (exact) mass is 405 g/mol. The lowest BCUT2D eigenvalue weighted by Gasteiger charge is -2.40. The number of hydrogen-bond donors (Lipinski definition) is 4. The number of nitrogens with zero attached hydrogens (tertiary/aromatic N) is 3. The fourth-order valence-electron chi connectivity index (χ4n) is 2.28. The van der Waals surface area contributed by atoms with Crippen molar-refractivity contribution in [1.82, 2.24) is 14.8 Å². The van der Waals surface area contributed by atoms with Gasteiger partial charge >= 0.3 is 7.82 Å². The molecule has 1 aromatic heterocycles. The van der Waals surface area contributed by atoms with Crippen molar-refractivity contribution in [3.63, 3.8) is 0 Å². The first-order valence-corrected chi connectivity index (χ1v) is 9.82. The molecule has 26 heavy (non-hydrogen) atoms. The maximum Gasteiger partial charge on any atom is 0.466 e. The van der Waals surface area contributed by atoms with E-state index in [-0.39, 0.29) is 5.41 Å². The Bertz CT molecular complexity index is 704. The highest BCUT2D eigenvalue weighted by Gasteiger charge is 2.40. The van der Waals surface area contributed by atoms with Crippen molar-refractivity contribution in [1.29, 1.82) is 0 Å². The largest absolute Gasteiger partial charge is 0.466 e. The van der Waals surface area contributed by atoms with E-state index < -0.39 is 13.4 Å². The van der Waals surface area contributed by atoms with Gasteiger partial charge in [-0.15, -0.1) is 0 Å².